The number of benzene rings is 2. The van der Waals surface area contributed by atoms with Crippen LogP contribution in [0, 0.1) is 13.8 Å². The number of carbonyl (C=O) groups is 1. The van der Waals surface area contributed by atoms with Crippen LogP contribution in [0.15, 0.2) is 53.0 Å². The number of carboxylic acids is 1. The van der Waals surface area contributed by atoms with Crippen LogP contribution in [0.4, 0.5) is 0 Å². The summed E-state index contributed by atoms with van der Waals surface area (Å²) in [4.78, 5) is 11.5. The minimum Gasteiger partial charge on any atom is -0.545 e. The molecule has 0 spiro atoms. The number of nitrogens with zero attached hydrogens (tertiary/aromatic N) is 1. The van der Waals surface area contributed by atoms with Crippen molar-refractivity contribution in [3.05, 3.63) is 74.8 Å². The van der Waals surface area contributed by atoms with Crippen LogP contribution in [0.3, 0.4) is 0 Å². The van der Waals surface area contributed by atoms with Crippen LogP contribution in [-0.4, -0.2) is 10.5 Å². The van der Waals surface area contributed by atoms with Crippen LogP contribution in [0.5, 0.6) is 0 Å². The van der Waals surface area contributed by atoms with Gasteiger partial charge in [-0.25, -0.2) is 0 Å². The molecule has 3 aromatic rings. The fourth-order valence-corrected chi connectivity index (χ4v) is 3.23. The Morgan fingerprint density at radius 1 is 1.12 bits per heavy atom. The standard InChI is InChI=1S/C19H15BrClNO2/c1-11-16(21)4-3-5-17(11)22-12(2)15(19(23)24)10-18(22)13-6-8-14(20)9-7-13/h3-10H,1-2H3,(H,23,24)/p-1. The lowest BCUT2D eigenvalue weighted by Crippen LogP contribution is -2.22. The first-order chi connectivity index (χ1) is 11.4. The number of halogens is 2. The molecule has 0 atom stereocenters. The van der Waals surface area contributed by atoms with Gasteiger partial charge in [0.1, 0.15) is 0 Å². The van der Waals surface area contributed by atoms with Crippen LogP contribution >= 0.6 is 27.5 Å². The number of rotatable bonds is 3. The maximum absolute atomic E-state index is 11.5. The van der Waals surface area contributed by atoms with Crippen LogP contribution in [-0.2, 0) is 0 Å². The second kappa shape index (κ2) is 6.46. The first kappa shape index (κ1) is 16.8. The predicted octanol–water partition coefficient (Wildman–Crippen LogP) is 4.54. The largest absolute Gasteiger partial charge is 0.545 e. The topological polar surface area (TPSA) is 45.1 Å². The van der Waals surface area contributed by atoms with Gasteiger partial charge in [0.15, 0.2) is 0 Å². The molecule has 2 aromatic carbocycles. The molecule has 0 amide bonds. The van der Waals surface area contributed by atoms with Crippen molar-refractivity contribution in [2.45, 2.75) is 13.8 Å². The van der Waals surface area contributed by atoms with E-state index in [0.717, 1.165) is 27.0 Å². The monoisotopic (exact) mass is 402 g/mol. The van der Waals surface area contributed by atoms with Gasteiger partial charge in [-0.1, -0.05) is 45.7 Å². The summed E-state index contributed by atoms with van der Waals surface area (Å²) in [6.07, 6.45) is 0. The highest BCUT2D eigenvalue weighted by Gasteiger charge is 2.17. The van der Waals surface area contributed by atoms with Gasteiger partial charge in [-0.2, -0.15) is 0 Å². The van der Waals surface area contributed by atoms with Gasteiger partial charge in [0.05, 0.1) is 17.4 Å². The number of aromatic carboxylic acids is 1. The molecule has 0 aliphatic rings. The molecule has 1 heterocycles. The molecular formula is C19H14BrClNO2-. The molecule has 24 heavy (non-hydrogen) atoms. The first-order valence-electron chi connectivity index (χ1n) is 7.35. The van der Waals surface area contributed by atoms with Gasteiger partial charge in [-0.3, -0.25) is 0 Å². The molecule has 3 nitrogen and oxygen atoms in total. The molecule has 0 saturated carbocycles. The van der Waals surface area contributed by atoms with Crippen LogP contribution in [0.25, 0.3) is 16.9 Å². The van der Waals surface area contributed by atoms with E-state index in [1.165, 1.54) is 0 Å². The Kier molecular flexibility index (Phi) is 4.52. The predicted molar refractivity (Wildman–Crippen MR) is 97.7 cm³/mol. The molecule has 0 saturated heterocycles. The number of hydrogen-bond acceptors (Lipinski definition) is 2. The van der Waals surface area contributed by atoms with E-state index in [1.807, 2.05) is 54.0 Å². The van der Waals surface area contributed by atoms with E-state index in [-0.39, 0.29) is 5.56 Å². The molecule has 0 unspecified atom stereocenters. The Morgan fingerprint density at radius 3 is 2.42 bits per heavy atom. The fourth-order valence-electron chi connectivity index (χ4n) is 2.80. The summed E-state index contributed by atoms with van der Waals surface area (Å²) in [6.45, 7) is 3.69. The van der Waals surface area contributed by atoms with E-state index in [2.05, 4.69) is 15.9 Å². The van der Waals surface area contributed by atoms with Crippen molar-refractivity contribution in [1.82, 2.24) is 4.57 Å². The third-order valence-corrected chi connectivity index (χ3v) is 5.03. The van der Waals surface area contributed by atoms with Crippen LogP contribution in [0.2, 0.25) is 5.02 Å². The van der Waals surface area contributed by atoms with Gasteiger partial charge in [-0.15, -0.1) is 0 Å². The molecular weight excluding hydrogens is 390 g/mol. The molecule has 0 bridgehead atoms. The normalized spacial score (nSPS) is 10.8. The molecule has 5 heteroatoms. The molecule has 122 valence electrons. The molecule has 0 aliphatic heterocycles. The zero-order chi connectivity index (χ0) is 17.4. The van der Waals surface area contributed by atoms with Crippen molar-refractivity contribution in [2.75, 3.05) is 0 Å². The SMILES string of the molecule is Cc1c(Cl)cccc1-n1c(-c2ccc(Br)cc2)cc(C(=O)[O-])c1C. The average molecular weight is 404 g/mol. The Hall–Kier alpha value is -2.04. The van der Waals surface area contributed by atoms with Crippen molar-refractivity contribution >= 4 is 33.5 Å². The first-order valence-corrected chi connectivity index (χ1v) is 8.52. The van der Waals surface area contributed by atoms with Gasteiger partial charge < -0.3 is 14.5 Å². The average Bonchev–Trinajstić information content (AvgIpc) is 2.88. The van der Waals surface area contributed by atoms with E-state index in [4.69, 9.17) is 11.6 Å². The fraction of sp³-hybridized carbons (Fsp3) is 0.105. The summed E-state index contributed by atoms with van der Waals surface area (Å²) in [6, 6.07) is 15.0. The van der Waals surface area contributed by atoms with Gasteiger partial charge in [0.25, 0.3) is 0 Å². The molecule has 3 rings (SSSR count). The number of carboxylic acid groups (broad SMARTS) is 1. The second-order valence-electron chi connectivity index (χ2n) is 5.54. The van der Waals surface area contributed by atoms with Gasteiger partial charge in [0, 0.05) is 20.8 Å². The maximum atomic E-state index is 11.5. The highest BCUT2D eigenvalue weighted by Crippen LogP contribution is 2.33. The van der Waals surface area contributed by atoms with Crippen LogP contribution in [0.1, 0.15) is 21.6 Å². The van der Waals surface area contributed by atoms with Crippen molar-refractivity contribution < 1.29 is 9.90 Å². The Labute approximate surface area is 153 Å². The molecule has 0 radical (unpaired) electrons. The zero-order valence-electron chi connectivity index (χ0n) is 13.1. The van der Waals surface area contributed by atoms with Gasteiger partial charge in [-0.05, 0) is 55.3 Å². The lowest BCUT2D eigenvalue weighted by molar-refractivity contribution is -0.255. The lowest BCUT2D eigenvalue weighted by Gasteiger charge is -2.16. The van der Waals surface area contributed by atoms with E-state index in [9.17, 15) is 9.90 Å². The third kappa shape index (κ3) is 2.87. The molecule has 1 aromatic heterocycles. The van der Waals surface area contributed by atoms with Gasteiger partial charge >= 0.3 is 0 Å². The highest BCUT2D eigenvalue weighted by molar-refractivity contribution is 9.10. The summed E-state index contributed by atoms with van der Waals surface area (Å²) in [5, 5.41) is 12.1. The lowest BCUT2D eigenvalue weighted by atomic mass is 10.1. The molecule has 0 N–H and O–H groups in total. The zero-order valence-corrected chi connectivity index (χ0v) is 15.5. The Balaban J connectivity index is 2.33. The van der Waals surface area contributed by atoms with Crippen molar-refractivity contribution in [1.29, 1.82) is 0 Å². The van der Waals surface area contributed by atoms with E-state index < -0.39 is 5.97 Å². The quantitative estimate of drug-likeness (QED) is 0.644. The van der Waals surface area contributed by atoms with Crippen molar-refractivity contribution in [3.63, 3.8) is 0 Å². The van der Waals surface area contributed by atoms with E-state index in [0.29, 0.717) is 10.7 Å². The Bertz CT molecular complexity index is 929. The summed E-state index contributed by atoms with van der Waals surface area (Å²) in [5.74, 6) is -1.19. The second-order valence-corrected chi connectivity index (χ2v) is 6.87. The minimum atomic E-state index is -1.19. The van der Waals surface area contributed by atoms with E-state index >= 15 is 0 Å². The highest BCUT2D eigenvalue weighted by atomic mass is 79.9. The molecule has 0 aliphatic carbocycles. The molecule has 0 fully saturated rings. The smallest absolute Gasteiger partial charge is 0.0733 e. The summed E-state index contributed by atoms with van der Waals surface area (Å²) < 4.78 is 2.87. The van der Waals surface area contributed by atoms with Crippen molar-refractivity contribution in [3.8, 4) is 16.9 Å². The summed E-state index contributed by atoms with van der Waals surface area (Å²) >= 11 is 9.67. The summed E-state index contributed by atoms with van der Waals surface area (Å²) in [7, 11) is 0. The number of hydrogen-bond donors (Lipinski definition) is 0. The van der Waals surface area contributed by atoms with Crippen molar-refractivity contribution in [2.24, 2.45) is 0 Å². The minimum absolute atomic E-state index is 0.173. The number of carbonyl (C=O) groups excluding carboxylic acids is 1. The third-order valence-electron chi connectivity index (χ3n) is 4.09. The maximum Gasteiger partial charge on any atom is 0.0733 e. The number of aromatic nitrogens is 1. The van der Waals surface area contributed by atoms with Crippen LogP contribution < -0.4 is 5.11 Å². The Morgan fingerprint density at radius 2 is 1.79 bits per heavy atom. The van der Waals surface area contributed by atoms with E-state index in [1.54, 1.807) is 13.0 Å². The summed E-state index contributed by atoms with van der Waals surface area (Å²) in [5.41, 5.74) is 4.22. The van der Waals surface area contributed by atoms with Gasteiger partial charge in [0.2, 0.25) is 0 Å².